The highest BCUT2D eigenvalue weighted by Gasteiger charge is 2.36. The third kappa shape index (κ3) is 4.81. The maximum Gasteiger partial charge on any atom is 0.335 e. The van der Waals surface area contributed by atoms with Crippen molar-refractivity contribution in [1.29, 1.82) is 0 Å². The summed E-state index contributed by atoms with van der Waals surface area (Å²) in [5.74, 6) is -2.15. The van der Waals surface area contributed by atoms with Crippen LogP contribution >= 0.6 is 0 Å². The average molecular weight is 492 g/mol. The summed E-state index contributed by atoms with van der Waals surface area (Å²) in [6, 6.07) is 25.3. The normalized spacial score (nSPS) is 14.6. The van der Waals surface area contributed by atoms with Gasteiger partial charge in [0.25, 0.3) is 11.8 Å². The van der Waals surface area contributed by atoms with Crippen molar-refractivity contribution in [2.75, 3.05) is 4.90 Å². The molecule has 182 valence electrons. The number of carbonyl (C=O) groups is 4. The van der Waals surface area contributed by atoms with Crippen LogP contribution < -0.4 is 15.0 Å². The number of ether oxygens (including phenoxy) is 1. The van der Waals surface area contributed by atoms with Crippen LogP contribution in [0.4, 0.5) is 10.5 Å². The number of nitrogens with zero attached hydrogens (tertiary/aromatic N) is 1. The van der Waals surface area contributed by atoms with E-state index >= 15 is 0 Å². The molecule has 8 nitrogen and oxygen atoms in total. The van der Waals surface area contributed by atoms with E-state index in [1.807, 2.05) is 42.5 Å². The quantitative estimate of drug-likeness (QED) is 0.296. The van der Waals surface area contributed by atoms with Gasteiger partial charge in [-0.25, -0.2) is 14.5 Å². The summed E-state index contributed by atoms with van der Waals surface area (Å²) in [5, 5.41) is 13.5. The molecule has 0 aliphatic carbocycles. The van der Waals surface area contributed by atoms with Crippen molar-refractivity contribution in [3.8, 4) is 5.75 Å². The number of benzene rings is 4. The number of barbiturate groups is 1. The Morgan fingerprint density at radius 1 is 0.865 bits per heavy atom. The number of aromatic carboxylic acids is 1. The lowest BCUT2D eigenvalue weighted by atomic mass is 10.1. The topological polar surface area (TPSA) is 113 Å². The molecule has 2 N–H and O–H groups in total. The van der Waals surface area contributed by atoms with E-state index in [4.69, 9.17) is 9.84 Å². The van der Waals surface area contributed by atoms with E-state index in [0.717, 1.165) is 21.2 Å². The number of carbonyl (C=O) groups excluding carboxylic acids is 3. The number of nitrogens with one attached hydrogen (secondary N) is 1. The number of imide groups is 2. The predicted molar refractivity (Wildman–Crippen MR) is 137 cm³/mol. The molecule has 0 spiro atoms. The Balaban J connectivity index is 1.33. The van der Waals surface area contributed by atoms with Crippen LogP contribution in [-0.2, 0) is 16.2 Å². The second-order valence-corrected chi connectivity index (χ2v) is 8.31. The molecule has 4 aromatic carbocycles. The minimum Gasteiger partial charge on any atom is -0.489 e. The Morgan fingerprint density at radius 2 is 1.57 bits per heavy atom. The van der Waals surface area contributed by atoms with Crippen LogP contribution in [0.2, 0.25) is 0 Å². The largest absolute Gasteiger partial charge is 0.489 e. The van der Waals surface area contributed by atoms with Gasteiger partial charge >= 0.3 is 12.0 Å². The number of fused-ring (bicyclic) bond motifs is 1. The van der Waals surface area contributed by atoms with E-state index in [1.165, 1.54) is 30.3 Å². The molecule has 0 atom stereocenters. The maximum atomic E-state index is 13.0. The Labute approximate surface area is 211 Å². The molecule has 5 rings (SSSR count). The van der Waals surface area contributed by atoms with Crippen LogP contribution in [0.15, 0.2) is 96.6 Å². The molecular formula is C29H20N2O6. The summed E-state index contributed by atoms with van der Waals surface area (Å²) in [5.41, 5.74) is 1.53. The first-order valence-electron chi connectivity index (χ1n) is 11.3. The molecule has 1 aliphatic rings. The molecule has 1 saturated heterocycles. The van der Waals surface area contributed by atoms with Crippen molar-refractivity contribution < 1.29 is 29.0 Å². The van der Waals surface area contributed by atoms with Crippen molar-refractivity contribution >= 4 is 46.4 Å². The van der Waals surface area contributed by atoms with Gasteiger partial charge in [0, 0.05) is 0 Å². The molecule has 37 heavy (non-hydrogen) atoms. The fourth-order valence-corrected chi connectivity index (χ4v) is 4.05. The SMILES string of the molecule is O=C1NC(=O)N(c2ccc(C(=O)O)cc2)C(=O)/C1=C/c1ccc(OCc2cccc3ccccc23)cc1. The zero-order valence-corrected chi connectivity index (χ0v) is 19.4. The van der Waals surface area contributed by atoms with Crippen molar-refractivity contribution in [2.24, 2.45) is 0 Å². The van der Waals surface area contributed by atoms with Gasteiger partial charge in [0.1, 0.15) is 17.9 Å². The van der Waals surface area contributed by atoms with E-state index in [9.17, 15) is 19.2 Å². The van der Waals surface area contributed by atoms with Gasteiger partial charge in [0.2, 0.25) is 0 Å². The lowest BCUT2D eigenvalue weighted by Crippen LogP contribution is -2.54. The van der Waals surface area contributed by atoms with Crippen molar-refractivity contribution in [1.82, 2.24) is 5.32 Å². The molecule has 8 heteroatoms. The lowest BCUT2D eigenvalue weighted by molar-refractivity contribution is -0.122. The standard InChI is InChI=1S/C29H20N2O6/c32-26-25(27(33)31(29(36)30-26)22-12-10-20(11-13-22)28(34)35)16-18-8-14-23(15-9-18)37-17-21-6-3-5-19-4-1-2-7-24(19)21/h1-16H,17H2,(H,34,35)(H,30,32,36)/b25-16+. The zero-order valence-electron chi connectivity index (χ0n) is 19.4. The van der Waals surface area contributed by atoms with Crippen LogP contribution in [0.5, 0.6) is 5.75 Å². The molecule has 0 aromatic heterocycles. The van der Waals surface area contributed by atoms with Gasteiger partial charge < -0.3 is 9.84 Å². The van der Waals surface area contributed by atoms with Crippen LogP contribution in [0, 0.1) is 0 Å². The molecule has 0 unspecified atom stereocenters. The minimum atomic E-state index is -1.14. The maximum absolute atomic E-state index is 13.0. The first-order valence-corrected chi connectivity index (χ1v) is 11.3. The van der Waals surface area contributed by atoms with Crippen LogP contribution in [0.1, 0.15) is 21.5 Å². The molecule has 4 aromatic rings. The van der Waals surface area contributed by atoms with E-state index in [2.05, 4.69) is 5.32 Å². The van der Waals surface area contributed by atoms with Gasteiger partial charge in [-0.15, -0.1) is 0 Å². The number of hydrogen-bond donors (Lipinski definition) is 2. The summed E-state index contributed by atoms with van der Waals surface area (Å²) in [6.45, 7) is 0.375. The molecule has 1 heterocycles. The van der Waals surface area contributed by atoms with Gasteiger partial charge in [0.05, 0.1) is 11.3 Å². The molecule has 0 radical (unpaired) electrons. The third-order valence-corrected chi connectivity index (χ3v) is 5.94. The number of hydrogen-bond acceptors (Lipinski definition) is 5. The van der Waals surface area contributed by atoms with Crippen LogP contribution in [0.25, 0.3) is 16.8 Å². The molecule has 1 aliphatic heterocycles. The first-order chi connectivity index (χ1) is 17.9. The highest BCUT2D eigenvalue weighted by atomic mass is 16.5. The first kappa shape index (κ1) is 23.5. The van der Waals surface area contributed by atoms with E-state index < -0.39 is 23.8 Å². The summed E-state index contributed by atoms with van der Waals surface area (Å²) >= 11 is 0. The van der Waals surface area contributed by atoms with Gasteiger partial charge in [-0.2, -0.15) is 0 Å². The predicted octanol–water partition coefficient (Wildman–Crippen LogP) is 4.78. The Bertz CT molecular complexity index is 1570. The fourth-order valence-electron chi connectivity index (χ4n) is 4.05. The number of carboxylic acid groups (broad SMARTS) is 1. The fraction of sp³-hybridized carbons (Fsp3) is 0.0345. The summed E-state index contributed by atoms with van der Waals surface area (Å²) in [7, 11) is 0. The molecule has 0 bridgehead atoms. The number of anilines is 1. The number of rotatable bonds is 6. The molecule has 0 saturated carbocycles. The van der Waals surface area contributed by atoms with E-state index in [1.54, 1.807) is 24.3 Å². The highest BCUT2D eigenvalue weighted by Crippen LogP contribution is 2.24. The van der Waals surface area contributed by atoms with Gasteiger partial charge in [-0.05, 0) is 64.4 Å². The minimum absolute atomic E-state index is 0.00298. The van der Waals surface area contributed by atoms with Crippen molar-refractivity contribution in [2.45, 2.75) is 6.61 Å². The van der Waals surface area contributed by atoms with Crippen LogP contribution in [0.3, 0.4) is 0 Å². The lowest BCUT2D eigenvalue weighted by Gasteiger charge is -2.26. The van der Waals surface area contributed by atoms with Gasteiger partial charge in [-0.1, -0.05) is 54.6 Å². The summed E-state index contributed by atoms with van der Waals surface area (Å²) in [6.07, 6.45) is 1.39. The third-order valence-electron chi connectivity index (χ3n) is 5.94. The van der Waals surface area contributed by atoms with Crippen LogP contribution in [-0.4, -0.2) is 28.9 Å². The highest BCUT2D eigenvalue weighted by molar-refractivity contribution is 6.39. The number of amides is 4. The Morgan fingerprint density at radius 3 is 2.30 bits per heavy atom. The zero-order chi connectivity index (χ0) is 25.9. The van der Waals surface area contributed by atoms with Gasteiger partial charge in [-0.3, -0.25) is 14.9 Å². The average Bonchev–Trinajstić information content (AvgIpc) is 2.90. The molecule has 1 fully saturated rings. The summed E-state index contributed by atoms with van der Waals surface area (Å²) in [4.78, 5) is 49.7. The van der Waals surface area contributed by atoms with Gasteiger partial charge in [0.15, 0.2) is 0 Å². The molecule has 4 amide bonds. The molecular weight excluding hydrogens is 472 g/mol. The second kappa shape index (κ2) is 9.79. The smallest absolute Gasteiger partial charge is 0.335 e. The number of carboxylic acids is 1. The monoisotopic (exact) mass is 492 g/mol. The number of urea groups is 1. The van der Waals surface area contributed by atoms with Crippen molar-refractivity contribution in [3.05, 3.63) is 113 Å². The van der Waals surface area contributed by atoms with Crippen molar-refractivity contribution in [3.63, 3.8) is 0 Å². The van der Waals surface area contributed by atoms with E-state index in [-0.39, 0.29) is 16.8 Å². The van der Waals surface area contributed by atoms with E-state index in [0.29, 0.717) is 17.9 Å². The Kier molecular flexibility index (Phi) is 6.22. The second-order valence-electron chi connectivity index (χ2n) is 8.31. The Hall–Kier alpha value is -5.24. The summed E-state index contributed by atoms with van der Waals surface area (Å²) < 4.78 is 5.94.